The van der Waals surface area contributed by atoms with Gasteiger partial charge in [-0.2, -0.15) is 0 Å². The molecule has 9 nitrogen and oxygen atoms in total. The molecule has 0 aliphatic heterocycles. The van der Waals surface area contributed by atoms with Crippen molar-refractivity contribution in [2.24, 2.45) is 0 Å². The predicted molar refractivity (Wildman–Crippen MR) is 217 cm³/mol. The Morgan fingerprint density at radius 1 is 0.566 bits per heavy atom. The zero-order valence-corrected chi connectivity index (χ0v) is 33.6. The van der Waals surface area contributed by atoms with Crippen molar-refractivity contribution in [2.75, 3.05) is 13.2 Å². The predicted octanol–water partition coefficient (Wildman–Crippen LogP) is 11.0. The van der Waals surface area contributed by atoms with E-state index in [4.69, 9.17) is 19.3 Å². The summed E-state index contributed by atoms with van der Waals surface area (Å²) in [4.78, 5) is 42.7. The van der Waals surface area contributed by atoms with Gasteiger partial charge in [-0.05, 0) is 83.5 Å². The maximum absolute atomic E-state index is 12.4. The third kappa shape index (κ3) is 40.2. The van der Waals surface area contributed by atoms with Gasteiger partial charge in [0.1, 0.15) is 6.61 Å². The number of rotatable bonds is 35. The molecular weight excluding hydrogens is 691 g/mol. The summed E-state index contributed by atoms with van der Waals surface area (Å²) in [6.45, 7) is 3.37. The lowest BCUT2D eigenvalue weighted by atomic mass is 10.1. The van der Waals surface area contributed by atoms with Gasteiger partial charge in [-0.15, -0.1) is 0 Å². The molecule has 0 amide bonds. The van der Waals surface area contributed by atoms with Crippen LogP contribution in [0.2, 0.25) is 0 Å². The molecule has 0 aromatic carbocycles. The lowest BCUT2D eigenvalue weighted by Crippen LogP contribution is -2.29. The van der Waals surface area contributed by atoms with Crippen molar-refractivity contribution in [3.8, 4) is 0 Å². The molecule has 0 aromatic rings. The lowest BCUT2D eigenvalue weighted by Gasteiger charge is -2.18. The van der Waals surface area contributed by atoms with E-state index in [0.29, 0.717) is 32.1 Å². The highest BCUT2D eigenvalue weighted by atomic mass is 31.2. The summed E-state index contributed by atoms with van der Waals surface area (Å²) in [7, 11) is -4.79. The van der Waals surface area contributed by atoms with Crippen LogP contribution in [0.5, 0.6) is 0 Å². The van der Waals surface area contributed by atoms with Crippen LogP contribution in [0.1, 0.15) is 149 Å². The fourth-order valence-electron chi connectivity index (χ4n) is 4.98. The van der Waals surface area contributed by atoms with E-state index in [1.54, 1.807) is 0 Å². The summed E-state index contributed by atoms with van der Waals surface area (Å²) in [5, 5.41) is 9.70. The van der Waals surface area contributed by atoms with Crippen molar-refractivity contribution in [2.45, 2.75) is 161 Å². The van der Waals surface area contributed by atoms with Gasteiger partial charge in [0.2, 0.25) is 0 Å². The molecule has 0 spiro atoms. The topological polar surface area (TPSA) is 140 Å². The number of phosphoric ester groups is 1. The number of allylic oxidation sites excluding steroid dienone is 13. The number of esters is 2. The van der Waals surface area contributed by atoms with Crippen LogP contribution >= 0.6 is 7.82 Å². The number of aliphatic hydroxyl groups excluding tert-OH is 1. The maximum Gasteiger partial charge on any atom is 0.469 e. The van der Waals surface area contributed by atoms with Crippen molar-refractivity contribution in [3.63, 3.8) is 0 Å². The van der Waals surface area contributed by atoms with Crippen LogP contribution in [-0.4, -0.2) is 52.3 Å². The zero-order valence-electron chi connectivity index (χ0n) is 32.7. The fraction of sp³-hybridized carbons (Fsp3) is 0.628. The lowest BCUT2D eigenvalue weighted by molar-refractivity contribution is -0.161. The molecular formula is C43H71O9P. The fourth-order valence-corrected chi connectivity index (χ4v) is 5.34. The largest absolute Gasteiger partial charge is 0.469 e. The number of phosphoric acid groups is 1. The molecule has 2 atom stereocenters. The van der Waals surface area contributed by atoms with E-state index < -0.39 is 32.5 Å². The van der Waals surface area contributed by atoms with E-state index in [9.17, 15) is 19.3 Å². The van der Waals surface area contributed by atoms with Crippen LogP contribution in [0.15, 0.2) is 85.1 Å². The van der Waals surface area contributed by atoms with Crippen LogP contribution in [0.3, 0.4) is 0 Å². The number of unbranched alkanes of at least 4 members (excludes halogenated alkanes) is 8. The minimum absolute atomic E-state index is 0.117. The third-order valence-electron chi connectivity index (χ3n) is 7.94. The molecule has 0 radical (unpaired) electrons. The Bertz CT molecular complexity index is 1150. The number of carbonyl (C=O) groups excluding carboxylic acids is 2. The van der Waals surface area contributed by atoms with Gasteiger partial charge in [0.25, 0.3) is 0 Å². The Balaban J connectivity index is 4.17. The van der Waals surface area contributed by atoms with Crippen LogP contribution in [0, 0.1) is 0 Å². The molecule has 0 heterocycles. The molecule has 0 fully saturated rings. The molecule has 0 saturated heterocycles. The first kappa shape index (κ1) is 50.2. The molecule has 0 aliphatic carbocycles. The molecule has 3 N–H and O–H groups in total. The van der Waals surface area contributed by atoms with E-state index in [1.807, 2.05) is 24.3 Å². The van der Waals surface area contributed by atoms with E-state index in [2.05, 4.69) is 79.1 Å². The molecule has 0 aromatic heterocycles. The van der Waals surface area contributed by atoms with Crippen molar-refractivity contribution in [1.29, 1.82) is 0 Å². The summed E-state index contributed by atoms with van der Waals surface area (Å²) in [5.41, 5.74) is 0. The zero-order chi connectivity index (χ0) is 39.1. The average Bonchev–Trinajstić information content (AvgIpc) is 3.12. The number of hydrogen-bond donors (Lipinski definition) is 3. The van der Waals surface area contributed by atoms with Crippen molar-refractivity contribution in [1.82, 2.24) is 0 Å². The maximum atomic E-state index is 12.4. The van der Waals surface area contributed by atoms with Crippen LogP contribution in [-0.2, 0) is 28.2 Å². The standard InChI is InChI=1S/C43H71O9P/c1-3-5-6-7-8-9-10-11-12-13-14-17-21-24-27-30-33-37-43(46)52-41(39-51-53(47,48)49)38-50-42(45)36-32-29-26-23-20-18-15-16-19-22-25-28-31-35-40(44)34-4-2/h11-12,14-15,17-19,22-24,26-28,31,40-41,44H,3-10,13,16,20-21,25,29-30,32-39H2,1-2H3,(H2,47,48,49)/b12-11-,17-14-,18-15-,22-19-,26-23-,27-24-,31-28-/t40?,41-/m1/s1. The number of hydrogen-bond acceptors (Lipinski definition) is 7. The minimum Gasteiger partial charge on any atom is -0.462 e. The Morgan fingerprint density at radius 3 is 1.53 bits per heavy atom. The molecule has 1 unspecified atom stereocenters. The second-order valence-corrected chi connectivity index (χ2v) is 14.3. The van der Waals surface area contributed by atoms with E-state index in [-0.39, 0.29) is 25.6 Å². The summed E-state index contributed by atoms with van der Waals surface area (Å²) >= 11 is 0. The first-order valence-electron chi connectivity index (χ1n) is 20.0. The van der Waals surface area contributed by atoms with Gasteiger partial charge in [-0.3, -0.25) is 14.1 Å². The molecule has 0 rings (SSSR count). The third-order valence-corrected chi connectivity index (χ3v) is 8.43. The Hall–Kier alpha value is -2.81. The van der Waals surface area contributed by atoms with Crippen LogP contribution in [0.4, 0.5) is 0 Å². The van der Waals surface area contributed by atoms with Crippen molar-refractivity contribution >= 4 is 19.8 Å². The van der Waals surface area contributed by atoms with E-state index in [1.165, 1.54) is 38.5 Å². The molecule has 0 bridgehead atoms. The first-order valence-corrected chi connectivity index (χ1v) is 21.5. The quantitative estimate of drug-likeness (QED) is 0.0249. The highest BCUT2D eigenvalue weighted by molar-refractivity contribution is 7.46. The summed E-state index contributed by atoms with van der Waals surface area (Å²) in [5.74, 6) is -1.04. The summed E-state index contributed by atoms with van der Waals surface area (Å²) < 4.78 is 26.2. The average molecular weight is 763 g/mol. The number of aliphatic hydroxyl groups is 1. The van der Waals surface area contributed by atoms with Crippen LogP contribution < -0.4 is 0 Å². The first-order chi connectivity index (χ1) is 25.7. The van der Waals surface area contributed by atoms with Crippen molar-refractivity contribution < 1.29 is 43.0 Å². The Labute approximate surface area is 321 Å². The SMILES string of the molecule is CCCCCCCC/C=C\C/C=C\C/C=C\CCCC(=O)O[C@H](COC(=O)CCC/C=C\C/C=C\C/C=C\C/C=C\CC(O)CCC)COP(=O)(O)O. The minimum atomic E-state index is -4.79. The molecule has 302 valence electrons. The molecule has 10 heteroatoms. The van der Waals surface area contributed by atoms with Gasteiger partial charge in [0.05, 0.1) is 12.7 Å². The van der Waals surface area contributed by atoms with Gasteiger partial charge in [-0.25, -0.2) is 4.57 Å². The Kier molecular flexibility index (Phi) is 35.5. The van der Waals surface area contributed by atoms with Gasteiger partial charge >= 0.3 is 19.8 Å². The van der Waals surface area contributed by atoms with Gasteiger partial charge in [-0.1, -0.05) is 137 Å². The van der Waals surface area contributed by atoms with Crippen LogP contribution in [0.25, 0.3) is 0 Å². The summed E-state index contributed by atoms with van der Waals surface area (Å²) in [6, 6.07) is 0. The smallest absolute Gasteiger partial charge is 0.462 e. The molecule has 0 aliphatic rings. The molecule has 53 heavy (non-hydrogen) atoms. The van der Waals surface area contributed by atoms with Gasteiger partial charge in [0.15, 0.2) is 6.10 Å². The molecule has 0 saturated carbocycles. The number of ether oxygens (including phenoxy) is 2. The Morgan fingerprint density at radius 2 is 1.02 bits per heavy atom. The monoisotopic (exact) mass is 762 g/mol. The number of carbonyl (C=O) groups is 2. The highest BCUT2D eigenvalue weighted by Gasteiger charge is 2.22. The normalized spacial score (nSPS) is 14.0. The van der Waals surface area contributed by atoms with E-state index in [0.717, 1.165) is 51.4 Å². The van der Waals surface area contributed by atoms with Crippen molar-refractivity contribution in [3.05, 3.63) is 85.1 Å². The second-order valence-electron chi connectivity index (χ2n) is 13.1. The van der Waals surface area contributed by atoms with Gasteiger partial charge in [0, 0.05) is 12.8 Å². The highest BCUT2D eigenvalue weighted by Crippen LogP contribution is 2.35. The summed E-state index contributed by atoms with van der Waals surface area (Å²) in [6.07, 6.45) is 46.6. The van der Waals surface area contributed by atoms with Gasteiger partial charge < -0.3 is 24.4 Å². The second kappa shape index (κ2) is 37.5. The van der Waals surface area contributed by atoms with E-state index >= 15 is 0 Å².